The average molecular weight is 643 g/mol. The molecule has 0 aromatic rings. The number of alkyl halides is 1. The Hall–Kier alpha value is -2.96. The Morgan fingerprint density at radius 3 is 1.93 bits per heavy atom. The zero-order valence-electron chi connectivity index (χ0n) is 27.2. The van der Waals surface area contributed by atoms with Gasteiger partial charge in [-0.25, -0.2) is 4.39 Å². The molecule has 0 unspecified atom stereocenters. The number of hydrogen-bond acceptors (Lipinski definition) is 8. The lowest BCUT2D eigenvalue weighted by atomic mass is 9.44. The van der Waals surface area contributed by atoms with E-state index in [9.17, 15) is 39.3 Å². The number of allylic oxidation sites excluding steroid dienone is 4. The van der Waals surface area contributed by atoms with Crippen molar-refractivity contribution in [1.29, 1.82) is 0 Å². The van der Waals surface area contributed by atoms with E-state index >= 15 is 4.39 Å². The van der Waals surface area contributed by atoms with Crippen LogP contribution in [0.25, 0.3) is 0 Å². The summed E-state index contributed by atoms with van der Waals surface area (Å²) < 4.78 is 16.9. The summed E-state index contributed by atoms with van der Waals surface area (Å²) >= 11 is 0. The van der Waals surface area contributed by atoms with Gasteiger partial charge in [-0.1, -0.05) is 52.7 Å². The molecule has 0 spiro atoms. The van der Waals surface area contributed by atoms with Gasteiger partial charge in [-0.15, -0.1) is 0 Å². The van der Waals surface area contributed by atoms with Gasteiger partial charge in [0.05, 0.1) is 6.10 Å². The van der Waals surface area contributed by atoms with Gasteiger partial charge in [-0.05, 0) is 63.0 Å². The number of Topliss-reactive ketones (excluding diaryl/α,β-unsaturated/α-hetero) is 1. The standard InChI is InChI=1S/C22H29FO5.C5H10O2.2C3H6O2/c1-12-8-16-15-5-4-13-9-14(25)6-7-19(13,2)21(15,23)17(26)10-20(16,3)22(12,28)18(27)11-24;1-2-3-4-5(6)7;2*1-2-3(4)5/h6-7,9,12,15-17,24,26,28H,4-5,8,10-11H2,1-3H3;2-4H2,1H3,(H,6,7);2*2H2,1H3,(H,4,5)/t12-,15-,16-,17-,19-,20-,21-,22-;;;/m0.../s1. The van der Waals surface area contributed by atoms with E-state index in [0.29, 0.717) is 31.3 Å². The number of aliphatic hydroxyl groups excluding tert-OH is 2. The van der Waals surface area contributed by atoms with Crippen molar-refractivity contribution in [2.45, 2.75) is 117 Å². The molecular weight excluding hydrogens is 591 g/mol. The van der Waals surface area contributed by atoms with Gasteiger partial charge in [0, 0.05) is 36.0 Å². The largest absolute Gasteiger partial charge is 0.481 e. The fourth-order valence-electron chi connectivity index (χ4n) is 7.59. The summed E-state index contributed by atoms with van der Waals surface area (Å²) in [4.78, 5) is 52.9. The van der Waals surface area contributed by atoms with E-state index < -0.39 is 70.3 Å². The smallest absolute Gasteiger partial charge is 0.303 e. The number of carbonyl (C=O) groups is 5. The van der Waals surface area contributed by atoms with Gasteiger partial charge in [-0.3, -0.25) is 24.0 Å². The molecule has 0 aliphatic heterocycles. The van der Waals surface area contributed by atoms with Crippen molar-refractivity contribution >= 4 is 29.5 Å². The molecule has 4 rings (SSSR count). The Balaban J connectivity index is 0.000000491. The first-order chi connectivity index (χ1) is 20.8. The molecule has 45 heavy (non-hydrogen) atoms. The van der Waals surface area contributed by atoms with E-state index in [1.807, 2.05) is 6.92 Å². The molecule has 12 heteroatoms. The summed E-state index contributed by atoms with van der Waals surface area (Å²) in [7, 11) is 0. The number of halogens is 1. The van der Waals surface area contributed by atoms with Crippen LogP contribution in [0, 0.1) is 28.6 Å². The van der Waals surface area contributed by atoms with Crippen LogP contribution in [0.2, 0.25) is 0 Å². The number of unbranched alkanes of at least 4 members (excludes halogenated alkanes) is 1. The maximum absolute atomic E-state index is 16.9. The number of carboxylic acids is 3. The van der Waals surface area contributed by atoms with Gasteiger partial charge < -0.3 is 30.6 Å². The molecule has 3 fully saturated rings. The van der Waals surface area contributed by atoms with E-state index in [-0.39, 0.29) is 31.0 Å². The van der Waals surface area contributed by atoms with Crippen LogP contribution >= 0.6 is 0 Å². The number of rotatable bonds is 7. The number of hydrogen-bond donors (Lipinski definition) is 6. The van der Waals surface area contributed by atoms with Crippen LogP contribution in [0.4, 0.5) is 4.39 Å². The Morgan fingerprint density at radius 2 is 1.51 bits per heavy atom. The molecule has 256 valence electrons. The molecule has 8 atom stereocenters. The van der Waals surface area contributed by atoms with E-state index in [1.165, 1.54) is 12.2 Å². The Bertz CT molecular complexity index is 1150. The summed E-state index contributed by atoms with van der Waals surface area (Å²) in [5.41, 5.74) is -5.17. The van der Waals surface area contributed by atoms with Crippen molar-refractivity contribution in [3.63, 3.8) is 0 Å². The van der Waals surface area contributed by atoms with Crippen LogP contribution in [-0.4, -0.2) is 84.1 Å². The van der Waals surface area contributed by atoms with E-state index in [4.69, 9.17) is 15.3 Å². The monoisotopic (exact) mass is 642 g/mol. The summed E-state index contributed by atoms with van der Waals surface area (Å²) in [6.07, 6.45) is 6.97. The molecule has 0 aromatic heterocycles. The number of ketones is 2. The Kier molecular flexibility index (Phi) is 14.3. The van der Waals surface area contributed by atoms with Crippen LogP contribution in [0.1, 0.15) is 99.3 Å². The minimum Gasteiger partial charge on any atom is -0.481 e. The van der Waals surface area contributed by atoms with Crippen LogP contribution in [0.15, 0.2) is 23.8 Å². The number of aliphatic hydroxyl groups is 3. The zero-order valence-corrected chi connectivity index (χ0v) is 27.2. The van der Waals surface area contributed by atoms with E-state index in [0.717, 1.165) is 12.8 Å². The molecule has 4 aliphatic carbocycles. The van der Waals surface area contributed by atoms with Crippen molar-refractivity contribution < 1.29 is 59.0 Å². The van der Waals surface area contributed by atoms with Gasteiger partial charge in [0.1, 0.15) is 12.2 Å². The highest BCUT2D eigenvalue weighted by atomic mass is 19.1. The molecule has 11 nitrogen and oxygen atoms in total. The molecule has 0 amide bonds. The number of aliphatic carboxylic acids is 3. The van der Waals surface area contributed by atoms with Crippen LogP contribution in [-0.2, 0) is 24.0 Å². The summed E-state index contributed by atoms with van der Waals surface area (Å²) in [5.74, 6) is -4.30. The third-order valence-corrected chi connectivity index (χ3v) is 10.1. The molecule has 0 bridgehead atoms. The molecule has 0 aromatic carbocycles. The van der Waals surface area contributed by atoms with Gasteiger partial charge in [0.25, 0.3) is 0 Å². The first-order valence-electron chi connectivity index (χ1n) is 15.6. The molecule has 6 N–H and O–H groups in total. The summed E-state index contributed by atoms with van der Waals surface area (Å²) in [5, 5.41) is 55.5. The highest BCUT2D eigenvalue weighted by Crippen LogP contribution is 2.70. The summed E-state index contributed by atoms with van der Waals surface area (Å²) in [6, 6.07) is 0. The number of fused-ring (bicyclic) bond motifs is 5. The van der Waals surface area contributed by atoms with Crippen molar-refractivity contribution in [2.24, 2.45) is 28.6 Å². The average Bonchev–Trinajstić information content (AvgIpc) is 3.18. The van der Waals surface area contributed by atoms with Crippen molar-refractivity contribution in [2.75, 3.05) is 6.61 Å². The normalized spacial score (nSPS) is 35.7. The lowest BCUT2D eigenvalue weighted by Crippen LogP contribution is -2.69. The van der Waals surface area contributed by atoms with Crippen molar-refractivity contribution in [1.82, 2.24) is 0 Å². The van der Waals surface area contributed by atoms with Crippen LogP contribution < -0.4 is 0 Å². The maximum Gasteiger partial charge on any atom is 0.303 e. The zero-order chi connectivity index (χ0) is 35.0. The second kappa shape index (κ2) is 16.0. The van der Waals surface area contributed by atoms with E-state index in [1.54, 1.807) is 40.7 Å². The first-order valence-corrected chi connectivity index (χ1v) is 15.6. The highest BCUT2D eigenvalue weighted by Gasteiger charge is 2.75. The quantitative estimate of drug-likeness (QED) is 0.233. The lowest BCUT2D eigenvalue weighted by molar-refractivity contribution is -0.219. The third-order valence-electron chi connectivity index (χ3n) is 10.1. The SMILES string of the molecule is CCC(=O)O.CCC(=O)O.CCCCC(=O)O.C[C@H]1C[C@H]2[C@@H]3CCC4=CC(=O)C=C[C@]4(C)[C@@]3(F)[C@@H](O)C[C@]2(C)[C@@]1(O)C(=O)CO. The van der Waals surface area contributed by atoms with Crippen LogP contribution in [0.5, 0.6) is 0 Å². The topological polar surface area (TPSA) is 207 Å². The molecule has 0 saturated heterocycles. The number of carbonyl (C=O) groups excluding carboxylic acids is 2. The second-order valence-corrected chi connectivity index (χ2v) is 12.7. The first kappa shape index (κ1) is 40.1. The predicted molar refractivity (Wildman–Crippen MR) is 163 cm³/mol. The Labute approximate surface area is 264 Å². The lowest BCUT2D eigenvalue weighted by Gasteiger charge is -2.62. The number of carboxylic acid groups (broad SMARTS) is 3. The van der Waals surface area contributed by atoms with Gasteiger partial charge >= 0.3 is 17.9 Å². The predicted octanol–water partition coefficient (Wildman–Crippen LogP) is 4.12. The molecule has 0 radical (unpaired) electrons. The van der Waals surface area contributed by atoms with Crippen LogP contribution in [0.3, 0.4) is 0 Å². The Morgan fingerprint density at radius 1 is 0.978 bits per heavy atom. The molecular formula is C33H51FO11. The fraction of sp³-hybridized carbons (Fsp3) is 0.727. The van der Waals surface area contributed by atoms with E-state index in [2.05, 4.69) is 0 Å². The molecule has 3 saturated carbocycles. The molecule has 0 heterocycles. The maximum atomic E-state index is 16.9. The summed E-state index contributed by atoms with van der Waals surface area (Å²) in [6.45, 7) is 9.65. The molecule has 4 aliphatic rings. The van der Waals surface area contributed by atoms with Crippen molar-refractivity contribution in [3.8, 4) is 0 Å². The minimum absolute atomic E-state index is 0.0676. The van der Waals surface area contributed by atoms with Gasteiger partial charge in [0.15, 0.2) is 17.2 Å². The van der Waals surface area contributed by atoms with Gasteiger partial charge in [0.2, 0.25) is 0 Å². The third kappa shape index (κ3) is 7.89. The van der Waals surface area contributed by atoms with Gasteiger partial charge in [-0.2, -0.15) is 0 Å². The fourth-order valence-corrected chi connectivity index (χ4v) is 7.59. The second-order valence-electron chi connectivity index (χ2n) is 12.7. The highest BCUT2D eigenvalue weighted by molar-refractivity contribution is 6.01. The minimum atomic E-state index is -1.98. The van der Waals surface area contributed by atoms with Crippen molar-refractivity contribution in [3.05, 3.63) is 23.8 Å².